The molecule has 0 amide bonds. The first kappa shape index (κ1) is 12.0. The first-order valence-electron chi connectivity index (χ1n) is 5.60. The number of rotatable bonds is 3. The van der Waals surface area contributed by atoms with E-state index in [9.17, 15) is 9.90 Å². The van der Waals surface area contributed by atoms with Gasteiger partial charge in [0.05, 0.1) is 0 Å². The van der Waals surface area contributed by atoms with Crippen molar-refractivity contribution in [3.63, 3.8) is 0 Å². The molecular weight excluding hydrogens is 226 g/mol. The molecule has 0 saturated heterocycles. The SMILES string of the molecule is CC(=O)c1ccc(C=Nc2ccccc2O)cc1. The summed E-state index contributed by atoms with van der Waals surface area (Å²) in [7, 11) is 0. The highest BCUT2D eigenvalue weighted by Crippen LogP contribution is 2.24. The number of aromatic hydroxyl groups is 1. The summed E-state index contributed by atoms with van der Waals surface area (Å²) in [5.74, 6) is 0.188. The summed E-state index contributed by atoms with van der Waals surface area (Å²) in [5.41, 5.74) is 2.08. The lowest BCUT2D eigenvalue weighted by atomic mass is 10.1. The van der Waals surface area contributed by atoms with Gasteiger partial charge in [-0.15, -0.1) is 0 Å². The minimum absolute atomic E-state index is 0.0409. The van der Waals surface area contributed by atoms with E-state index in [1.165, 1.54) is 6.92 Å². The van der Waals surface area contributed by atoms with Crippen molar-refractivity contribution < 1.29 is 9.90 Å². The second kappa shape index (κ2) is 5.27. The highest BCUT2D eigenvalue weighted by molar-refractivity contribution is 5.95. The average Bonchev–Trinajstić information content (AvgIpc) is 2.38. The molecular formula is C15H13NO2. The number of benzene rings is 2. The van der Waals surface area contributed by atoms with Gasteiger partial charge in [0.15, 0.2) is 5.78 Å². The summed E-state index contributed by atoms with van der Waals surface area (Å²) >= 11 is 0. The largest absolute Gasteiger partial charge is 0.506 e. The van der Waals surface area contributed by atoms with E-state index in [1.807, 2.05) is 18.2 Å². The van der Waals surface area contributed by atoms with Gasteiger partial charge in [0, 0.05) is 11.8 Å². The quantitative estimate of drug-likeness (QED) is 0.659. The molecule has 1 N–H and O–H groups in total. The number of Topliss-reactive ketones (excluding diaryl/α,β-unsaturated/α-hetero) is 1. The van der Waals surface area contributed by atoms with Gasteiger partial charge in [-0.3, -0.25) is 9.79 Å². The second-order valence-corrected chi connectivity index (χ2v) is 3.93. The maximum Gasteiger partial charge on any atom is 0.159 e. The van der Waals surface area contributed by atoms with Crippen molar-refractivity contribution in [2.75, 3.05) is 0 Å². The molecule has 0 aliphatic carbocycles. The zero-order valence-corrected chi connectivity index (χ0v) is 10.00. The molecule has 0 heterocycles. The fourth-order valence-corrected chi connectivity index (χ4v) is 1.52. The zero-order valence-electron chi connectivity index (χ0n) is 10.00. The number of hydrogen-bond acceptors (Lipinski definition) is 3. The lowest BCUT2D eigenvalue weighted by Crippen LogP contribution is -1.91. The fourth-order valence-electron chi connectivity index (χ4n) is 1.52. The van der Waals surface area contributed by atoms with Crippen LogP contribution in [-0.2, 0) is 0 Å². The lowest BCUT2D eigenvalue weighted by molar-refractivity contribution is 0.101. The van der Waals surface area contributed by atoms with Gasteiger partial charge < -0.3 is 5.11 Å². The predicted molar refractivity (Wildman–Crippen MR) is 71.8 cm³/mol. The molecule has 0 atom stereocenters. The topological polar surface area (TPSA) is 49.7 Å². The molecule has 0 aliphatic rings. The van der Waals surface area contributed by atoms with Crippen LogP contribution < -0.4 is 0 Å². The third kappa shape index (κ3) is 2.83. The predicted octanol–water partition coefficient (Wildman–Crippen LogP) is 3.35. The Bertz CT molecular complexity index is 586. The molecule has 0 fully saturated rings. The normalized spacial score (nSPS) is 10.7. The van der Waals surface area contributed by atoms with Crippen LogP contribution >= 0.6 is 0 Å². The number of carbonyl (C=O) groups excluding carboxylic acids is 1. The van der Waals surface area contributed by atoms with Crippen molar-refractivity contribution in [1.29, 1.82) is 0 Å². The van der Waals surface area contributed by atoms with E-state index < -0.39 is 0 Å². The number of aliphatic imine (C=N–C) groups is 1. The number of para-hydroxylation sites is 2. The van der Waals surface area contributed by atoms with Crippen molar-refractivity contribution in [1.82, 2.24) is 0 Å². The van der Waals surface area contributed by atoms with Crippen LogP contribution in [0.5, 0.6) is 5.75 Å². The number of ketones is 1. The van der Waals surface area contributed by atoms with Crippen LogP contribution in [-0.4, -0.2) is 17.1 Å². The van der Waals surface area contributed by atoms with E-state index in [4.69, 9.17) is 0 Å². The highest BCUT2D eigenvalue weighted by Gasteiger charge is 1.98. The number of phenols is 1. The Morgan fingerprint density at radius 2 is 1.78 bits per heavy atom. The zero-order chi connectivity index (χ0) is 13.0. The van der Waals surface area contributed by atoms with E-state index in [1.54, 1.807) is 36.5 Å². The van der Waals surface area contributed by atoms with Gasteiger partial charge in [-0.2, -0.15) is 0 Å². The van der Waals surface area contributed by atoms with Crippen LogP contribution in [0.4, 0.5) is 5.69 Å². The van der Waals surface area contributed by atoms with E-state index in [2.05, 4.69) is 4.99 Å². The molecule has 2 aromatic rings. The van der Waals surface area contributed by atoms with Gasteiger partial charge in [-0.1, -0.05) is 36.4 Å². The van der Waals surface area contributed by atoms with Crippen molar-refractivity contribution in [3.8, 4) is 5.75 Å². The van der Waals surface area contributed by atoms with Gasteiger partial charge in [-0.05, 0) is 24.6 Å². The van der Waals surface area contributed by atoms with Crippen molar-refractivity contribution in [2.45, 2.75) is 6.92 Å². The minimum atomic E-state index is 0.0409. The number of hydrogen-bond donors (Lipinski definition) is 1. The lowest BCUT2D eigenvalue weighted by Gasteiger charge is -1.98. The summed E-state index contributed by atoms with van der Waals surface area (Å²) in [6.45, 7) is 1.53. The Hall–Kier alpha value is -2.42. The Kier molecular flexibility index (Phi) is 3.53. The fraction of sp³-hybridized carbons (Fsp3) is 0.0667. The standard InChI is InChI=1S/C15H13NO2/c1-11(17)13-8-6-12(7-9-13)10-16-14-4-2-3-5-15(14)18/h2-10,18H,1H3. The van der Waals surface area contributed by atoms with Crippen LogP contribution in [0.15, 0.2) is 53.5 Å². The van der Waals surface area contributed by atoms with Crippen LogP contribution in [0.25, 0.3) is 0 Å². The summed E-state index contributed by atoms with van der Waals surface area (Å²) < 4.78 is 0. The van der Waals surface area contributed by atoms with E-state index in [-0.39, 0.29) is 11.5 Å². The number of nitrogens with zero attached hydrogens (tertiary/aromatic N) is 1. The monoisotopic (exact) mass is 239 g/mol. The molecule has 0 unspecified atom stereocenters. The van der Waals surface area contributed by atoms with Gasteiger partial charge in [0.2, 0.25) is 0 Å². The maximum atomic E-state index is 11.1. The summed E-state index contributed by atoms with van der Waals surface area (Å²) in [5, 5.41) is 9.55. The first-order chi connectivity index (χ1) is 8.66. The van der Waals surface area contributed by atoms with E-state index >= 15 is 0 Å². The Labute approximate surface area is 105 Å². The Morgan fingerprint density at radius 1 is 1.11 bits per heavy atom. The van der Waals surface area contributed by atoms with Crippen molar-refractivity contribution in [2.24, 2.45) is 4.99 Å². The molecule has 3 nitrogen and oxygen atoms in total. The molecule has 2 aromatic carbocycles. The molecule has 0 aromatic heterocycles. The van der Waals surface area contributed by atoms with E-state index in [0.29, 0.717) is 11.3 Å². The number of phenolic OH excluding ortho intramolecular Hbond substituents is 1. The third-order valence-electron chi connectivity index (χ3n) is 2.55. The van der Waals surface area contributed by atoms with Crippen LogP contribution in [0.3, 0.4) is 0 Å². The molecule has 0 radical (unpaired) electrons. The Morgan fingerprint density at radius 3 is 2.39 bits per heavy atom. The van der Waals surface area contributed by atoms with Gasteiger partial charge in [0.1, 0.15) is 11.4 Å². The number of carbonyl (C=O) groups is 1. The van der Waals surface area contributed by atoms with E-state index in [0.717, 1.165) is 5.56 Å². The van der Waals surface area contributed by atoms with Gasteiger partial charge in [0.25, 0.3) is 0 Å². The third-order valence-corrected chi connectivity index (χ3v) is 2.55. The maximum absolute atomic E-state index is 11.1. The molecule has 0 aliphatic heterocycles. The molecule has 0 saturated carbocycles. The average molecular weight is 239 g/mol. The molecule has 90 valence electrons. The minimum Gasteiger partial charge on any atom is -0.506 e. The smallest absolute Gasteiger partial charge is 0.159 e. The highest BCUT2D eigenvalue weighted by atomic mass is 16.3. The summed E-state index contributed by atoms with van der Waals surface area (Å²) in [4.78, 5) is 15.3. The molecule has 0 spiro atoms. The second-order valence-electron chi connectivity index (χ2n) is 3.93. The van der Waals surface area contributed by atoms with Crippen molar-refractivity contribution >= 4 is 17.7 Å². The Balaban J connectivity index is 2.19. The summed E-state index contributed by atoms with van der Waals surface area (Å²) in [6.07, 6.45) is 1.65. The van der Waals surface area contributed by atoms with Gasteiger partial charge in [-0.25, -0.2) is 0 Å². The molecule has 18 heavy (non-hydrogen) atoms. The van der Waals surface area contributed by atoms with Gasteiger partial charge >= 0.3 is 0 Å². The molecule has 3 heteroatoms. The summed E-state index contributed by atoms with van der Waals surface area (Å²) in [6, 6.07) is 14.0. The molecule has 0 bridgehead atoms. The van der Waals surface area contributed by atoms with Crippen LogP contribution in [0.2, 0.25) is 0 Å². The first-order valence-corrected chi connectivity index (χ1v) is 5.60. The van der Waals surface area contributed by atoms with Crippen LogP contribution in [0, 0.1) is 0 Å². The van der Waals surface area contributed by atoms with Crippen molar-refractivity contribution in [3.05, 3.63) is 59.7 Å². The van der Waals surface area contributed by atoms with Crippen LogP contribution in [0.1, 0.15) is 22.8 Å². The molecule has 2 rings (SSSR count).